The molecule has 1 aliphatic rings. The maximum absolute atomic E-state index is 12.6. The van der Waals surface area contributed by atoms with Gasteiger partial charge in [0, 0.05) is 12.6 Å². The average molecular weight is 473 g/mol. The summed E-state index contributed by atoms with van der Waals surface area (Å²) in [5.41, 5.74) is 3.18. The monoisotopic (exact) mass is 472 g/mol. The molecule has 1 heterocycles. The highest BCUT2D eigenvalue weighted by atomic mass is 32.2. The van der Waals surface area contributed by atoms with Gasteiger partial charge in [0.25, 0.3) is 0 Å². The molecule has 0 saturated heterocycles. The van der Waals surface area contributed by atoms with E-state index in [1.165, 1.54) is 4.31 Å². The van der Waals surface area contributed by atoms with Gasteiger partial charge in [0.1, 0.15) is 24.2 Å². The summed E-state index contributed by atoms with van der Waals surface area (Å²) < 4.78 is 38.1. The highest BCUT2D eigenvalue weighted by molar-refractivity contribution is 7.89. The summed E-state index contributed by atoms with van der Waals surface area (Å²) in [6.07, 6.45) is 0.0758. The Bertz CT molecular complexity index is 1170. The molecule has 33 heavy (non-hydrogen) atoms. The number of benzene rings is 2. The van der Waals surface area contributed by atoms with E-state index in [0.29, 0.717) is 30.0 Å². The predicted molar refractivity (Wildman–Crippen MR) is 123 cm³/mol. The molecule has 0 aliphatic carbocycles. The van der Waals surface area contributed by atoms with E-state index < -0.39 is 28.2 Å². The zero-order valence-electron chi connectivity index (χ0n) is 18.9. The zero-order chi connectivity index (χ0) is 24.2. The molecule has 0 aromatic heterocycles. The molecular weight excluding hydrogens is 444 g/mol. The van der Waals surface area contributed by atoms with Gasteiger partial charge in [0.2, 0.25) is 10.0 Å². The summed E-state index contributed by atoms with van der Waals surface area (Å²) in [5, 5.41) is 18.2. The van der Waals surface area contributed by atoms with Crippen LogP contribution in [0.4, 0.5) is 0 Å². The minimum atomic E-state index is -3.66. The van der Waals surface area contributed by atoms with Crippen molar-refractivity contribution in [1.82, 2.24) is 4.31 Å². The summed E-state index contributed by atoms with van der Waals surface area (Å²) in [6.45, 7) is 6.18. The number of nitriles is 1. The first-order valence-corrected chi connectivity index (χ1v) is 12.4. The molecule has 0 saturated carbocycles. The van der Waals surface area contributed by atoms with Crippen LogP contribution in [0.5, 0.6) is 11.5 Å². The van der Waals surface area contributed by atoms with E-state index in [2.05, 4.69) is 6.07 Å². The molecule has 2 aromatic carbocycles. The van der Waals surface area contributed by atoms with Crippen molar-refractivity contribution in [1.29, 1.82) is 5.26 Å². The van der Waals surface area contributed by atoms with Crippen molar-refractivity contribution in [3.05, 3.63) is 58.7 Å². The van der Waals surface area contributed by atoms with Crippen LogP contribution in [-0.4, -0.2) is 42.2 Å². The van der Waals surface area contributed by atoms with E-state index in [-0.39, 0.29) is 18.8 Å². The van der Waals surface area contributed by atoms with Crippen LogP contribution >= 0.6 is 0 Å². The zero-order valence-corrected chi connectivity index (χ0v) is 19.8. The first-order valence-electron chi connectivity index (χ1n) is 10.8. The van der Waals surface area contributed by atoms with Gasteiger partial charge in [-0.15, -0.1) is 0 Å². The minimum absolute atomic E-state index is 0.0276. The summed E-state index contributed by atoms with van der Waals surface area (Å²) in [6, 6.07) is 12.7. The first kappa shape index (κ1) is 24.6. The fourth-order valence-electron chi connectivity index (χ4n) is 3.87. The van der Waals surface area contributed by atoms with Crippen LogP contribution < -0.4 is 9.47 Å². The molecule has 2 aromatic rings. The van der Waals surface area contributed by atoms with Crippen LogP contribution in [0.1, 0.15) is 55.5 Å². The Kier molecular flexibility index (Phi) is 7.61. The van der Waals surface area contributed by atoms with Gasteiger partial charge in [-0.2, -0.15) is 9.57 Å². The van der Waals surface area contributed by atoms with Crippen molar-refractivity contribution in [2.24, 2.45) is 0 Å². The number of carboxylic acids is 1. The van der Waals surface area contributed by atoms with E-state index in [4.69, 9.17) is 14.6 Å². The van der Waals surface area contributed by atoms with Crippen LogP contribution in [0.2, 0.25) is 0 Å². The molecule has 8 nitrogen and oxygen atoms in total. The Labute approximate surface area is 194 Å². The number of nitrogens with zero attached hydrogens (tertiary/aromatic N) is 2. The molecule has 3 rings (SSSR count). The fourth-order valence-corrected chi connectivity index (χ4v) is 5.50. The molecule has 1 aliphatic heterocycles. The highest BCUT2D eigenvalue weighted by Crippen LogP contribution is 2.34. The number of carbonyl (C=O) groups is 1. The molecule has 9 heteroatoms. The van der Waals surface area contributed by atoms with Crippen molar-refractivity contribution < 1.29 is 27.8 Å². The highest BCUT2D eigenvalue weighted by Gasteiger charge is 2.33. The van der Waals surface area contributed by atoms with Crippen LogP contribution in [0.15, 0.2) is 36.4 Å². The van der Waals surface area contributed by atoms with Crippen LogP contribution in [0, 0.1) is 11.3 Å². The molecule has 176 valence electrons. The Balaban J connectivity index is 1.69. The number of aliphatic carboxylic acids is 1. The van der Waals surface area contributed by atoms with Gasteiger partial charge in [-0.3, -0.25) is 4.79 Å². The topological polar surface area (TPSA) is 117 Å². The number of hydrogen-bond acceptors (Lipinski definition) is 6. The molecule has 1 unspecified atom stereocenters. The van der Waals surface area contributed by atoms with Crippen LogP contribution in [-0.2, 0) is 27.8 Å². The maximum atomic E-state index is 12.6. The number of hydrogen-bond donors (Lipinski definition) is 1. The third kappa shape index (κ3) is 6.03. The van der Waals surface area contributed by atoms with Crippen LogP contribution in [0.3, 0.4) is 0 Å². The number of rotatable bonds is 9. The van der Waals surface area contributed by atoms with Gasteiger partial charge >= 0.3 is 5.97 Å². The standard InChI is InChI=1S/C24H28N2O6S/c1-16(2)32-23-7-4-18(12-20(23)14-25)15-31-21-5-6-22-17(3)26(10-8-19(22)13-21)33(29,30)11-9-24(27)28/h4-7,12-13,16-17H,8-11,15H2,1-3H3,(H,27,28). The molecular formula is C24H28N2O6S. The smallest absolute Gasteiger partial charge is 0.304 e. The Hall–Kier alpha value is -3.09. The summed E-state index contributed by atoms with van der Waals surface area (Å²) in [4.78, 5) is 10.8. The summed E-state index contributed by atoms with van der Waals surface area (Å²) in [5.74, 6) is -0.338. The van der Waals surface area contributed by atoms with Crippen molar-refractivity contribution >= 4 is 16.0 Å². The van der Waals surface area contributed by atoms with E-state index in [0.717, 1.165) is 16.7 Å². The van der Waals surface area contributed by atoms with Crippen molar-refractivity contribution in [2.45, 2.75) is 52.4 Å². The van der Waals surface area contributed by atoms with Gasteiger partial charge in [0.05, 0.1) is 23.8 Å². The van der Waals surface area contributed by atoms with Crippen molar-refractivity contribution in [2.75, 3.05) is 12.3 Å². The summed E-state index contributed by atoms with van der Waals surface area (Å²) >= 11 is 0. The van der Waals surface area contributed by atoms with Crippen molar-refractivity contribution in [3.8, 4) is 17.6 Å². The molecule has 0 amide bonds. The Morgan fingerprint density at radius 2 is 2.03 bits per heavy atom. The maximum Gasteiger partial charge on any atom is 0.304 e. The van der Waals surface area contributed by atoms with E-state index >= 15 is 0 Å². The van der Waals surface area contributed by atoms with E-state index in [1.54, 1.807) is 25.1 Å². The average Bonchev–Trinajstić information content (AvgIpc) is 2.76. The second-order valence-corrected chi connectivity index (χ2v) is 10.3. The number of sulfonamides is 1. The van der Waals surface area contributed by atoms with Crippen LogP contribution in [0.25, 0.3) is 0 Å². The van der Waals surface area contributed by atoms with Gasteiger partial charge in [0.15, 0.2) is 0 Å². The van der Waals surface area contributed by atoms with Crippen molar-refractivity contribution in [3.63, 3.8) is 0 Å². The molecule has 1 atom stereocenters. The molecule has 0 fully saturated rings. The van der Waals surface area contributed by atoms with Gasteiger partial charge < -0.3 is 14.6 Å². The predicted octanol–water partition coefficient (Wildman–Crippen LogP) is 3.65. The normalized spacial score (nSPS) is 16.2. The quantitative estimate of drug-likeness (QED) is 0.592. The fraction of sp³-hybridized carbons (Fsp3) is 0.417. The lowest BCUT2D eigenvalue weighted by molar-refractivity contribution is -0.136. The second-order valence-electron chi connectivity index (χ2n) is 8.25. The summed E-state index contributed by atoms with van der Waals surface area (Å²) in [7, 11) is -3.66. The van der Waals surface area contributed by atoms with E-state index in [1.807, 2.05) is 32.0 Å². The third-order valence-electron chi connectivity index (χ3n) is 5.46. The molecule has 0 radical (unpaired) electrons. The lowest BCUT2D eigenvalue weighted by Crippen LogP contribution is -2.40. The lowest BCUT2D eigenvalue weighted by atomic mass is 9.95. The molecule has 1 N–H and O–H groups in total. The van der Waals surface area contributed by atoms with Gasteiger partial charge in [-0.1, -0.05) is 12.1 Å². The Morgan fingerprint density at radius 1 is 1.27 bits per heavy atom. The Morgan fingerprint density at radius 3 is 2.70 bits per heavy atom. The lowest BCUT2D eigenvalue weighted by Gasteiger charge is -2.34. The van der Waals surface area contributed by atoms with E-state index in [9.17, 15) is 18.5 Å². The number of ether oxygens (including phenoxy) is 2. The molecule has 0 bridgehead atoms. The largest absolute Gasteiger partial charge is 0.490 e. The molecule has 0 spiro atoms. The SMILES string of the molecule is CC(C)Oc1ccc(COc2ccc3c(c2)CCN(S(=O)(=O)CCC(=O)O)C3C)cc1C#N. The minimum Gasteiger partial charge on any atom is -0.490 e. The number of carboxylic acid groups (broad SMARTS) is 1. The third-order valence-corrected chi connectivity index (χ3v) is 7.40. The first-order chi connectivity index (χ1) is 15.6. The van der Waals surface area contributed by atoms with Gasteiger partial charge in [-0.05, 0) is 68.1 Å². The van der Waals surface area contributed by atoms with Gasteiger partial charge in [-0.25, -0.2) is 8.42 Å². The number of fused-ring (bicyclic) bond motifs is 1. The second kappa shape index (κ2) is 10.2.